The Labute approximate surface area is 121 Å². The predicted molar refractivity (Wildman–Crippen MR) is 79.6 cm³/mol. The number of hydrogen-bond donors (Lipinski definition) is 1. The average Bonchev–Trinajstić information content (AvgIpc) is 2.47. The number of likely N-dealkylation sites (tertiary alicyclic amines) is 1. The molecule has 1 heterocycles. The van der Waals surface area contributed by atoms with Gasteiger partial charge in [-0.1, -0.05) is 13.0 Å². The van der Waals surface area contributed by atoms with Crippen LogP contribution in [0.5, 0.6) is 5.75 Å². The van der Waals surface area contributed by atoms with Crippen molar-refractivity contribution in [3.63, 3.8) is 0 Å². The third-order valence-corrected chi connectivity index (χ3v) is 4.11. The van der Waals surface area contributed by atoms with Gasteiger partial charge in [0.15, 0.2) is 11.6 Å². The number of hydrogen-bond acceptors (Lipinski definition) is 3. The van der Waals surface area contributed by atoms with Gasteiger partial charge in [0.1, 0.15) is 0 Å². The maximum absolute atomic E-state index is 13.7. The summed E-state index contributed by atoms with van der Waals surface area (Å²) in [6.45, 7) is 7.67. The molecule has 3 nitrogen and oxygen atoms in total. The summed E-state index contributed by atoms with van der Waals surface area (Å²) < 4.78 is 18.7. The fourth-order valence-corrected chi connectivity index (χ4v) is 2.88. The summed E-state index contributed by atoms with van der Waals surface area (Å²) in [6.07, 6.45) is 2.43. The third-order valence-electron chi connectivity index (χ3n) is 4.11. The third kappa shape index (κ3) is 3.70. The van der Waals surface area contributed by atoms with E-state index in [1.165, 1.54) is 26.5 Å². The van der Waals surface area contributed by atoms with Gasteiger partial charge < -0.3 is 15.0 Å². The van der Waals surface area contributed by atoms with Crippen molar-refractivity contribution in [2.45, 2.75) is 38.8 Å². The second-order valence-corrected chi connectivity index (χ2v) is 5.51. The fourth-order valence-electron chi connectivity index (χ4n) is 2.88. The topological polar surface area (TPSA) is 24.5 Å². The number of benzene rings is 1. The summed E-state index contributed by atoms with van der Waals surface area (Å²) in [5, 5.41) is 3.61. The second kappa shape index (κ2) is 7.04. The van der Waals surface area contributed by atoms with E-state index in [2.05, 4.69) is 24.1 Å². The smallest absolute Gasteiger partial charge is 0.165 e. The Kier molecular flexibility index (Phi) is 5.38. The molecule has 1 aliphatic heterocycles. The van der Waals surface area contributed by atoms with E-state index < -0.39 is 0 Å². The van der Waals surface area contributed by atoms with Crippen molar-refractivity contribution in [1.82, 2.24) is 10.2 Å². The zero-order valence-corrected chi connectivity index (χ0v) is 12.7. The quantitative estimate of drug-likeness (QED) is 0.897. The minimum absolute atomic E-state index is 0.150. The molecule has 0 radical (unpaired) electrons. The normalized spacial score (nSPS) is 21.7. The Morgan fingerprint density at radius 3 is 2.95 bits per heavy atom. The van der Waals surface area contributed by atoms with E-state index in [-0.39, 0.29) is 11.9 Å². The molecule has 4 heteroatoms. The highest BCUT2D eigenvalue weighted by atomic mass is 19.1. The largest absolute Gasteiger partial charge is 0.494 e. The molecule has 2 rings (SSSR count). The SMILES string of the molecule is CCN1CCCC(NC(C)c2ccc(OC)c(F)c2)C1. The van der Waals surface area contributed by atoms with Crippen molar-refractivity contribution in [3.05, 3.63) is 29.6 Å². The van der Waals surface area contributed by atoms with Crippen LogP contribution in [0, 0.1) is 5.82 Å². The number of halogens is 1. The molecule has 1 N–H and O–H groups in total. The zero-order chi connectivity index (χ0) is 14.5. The van der Waals surface area contributed by atoms with Crippen molar-refractivity contribution in [2.75, 3.05) is 26.7 Å². The molecule has 112 valence electrons. The van der Waals surface area contributed by atoms with Crippen molar-refractivity contribution in [3.8, 4) is 5.75 Å². The summed E-state index contributed by atoms with van der Waals surface area (Å²) in [4.78, 5) is 2.46. The average molecular weight is 280 g/mol. The number of ether oxygens (including phenoxy) is 1. The number of nitrogens with one attached hydrogen (secondary N) is 1. The van der Waals surface area contributed by atoms with Crippen LogP contribution < -0.4 is 10.1 Å². The fraction of sp³-hybridized carbons (Fsp3) is 0.625. The Bertz CT molecular complexity index is 438. The molecule has 2 unspecified atom stereocenters. The number of piperidine rings is 1. The Morgan fingerprint density at radius 1 is 1.50 bits per heavy atom. The molecule has 1 saturated heterocycles. The number of nitrogens with zero attached hydrogens (tertiary/aromatic N) is 1. The van der Waals surface area contributed by atoms with E-state index >= 15 is 0 Å². The highest BCUT2D eigenvalue weighted by Crippen LogP contribution is 2.23. The summed E-state index contributed by atoms with van der Waals surface area (Å²) in [7, 11) is 1.49. The summed E-state index contributed by atoms with van der Waals surface area (Å²) in [6, 6.07) is 5.83. The van der Waals surface area contributed by atoms with E-state index in [0.29, 0.717) is 11.8 Å². The minimum Gasteiger partial charge on any atom is -0.494 e. The molecular formula is C16H25FN2O. The van der Waals surface area contributed by atoms with Crippen molar-refractivity contribution in [1.29, 1.82) is 0 Å². The molecule has 1 aliphatic rings. The van der Waals surface area contributed by atoms with Gasteiger partial charge in [0.25, 0.3) is 0 Å². The summed E-state index contributed by atoms with van der Waals surface area (Å²) in [5.41, 5.74) is 0.969. The molecule has 0 saturated carbocycles. The first kappa shape index (κ1) is 15.3. The van der Waals surface area contributed by atoms with Crippen LogP contribution in [0.3, 0.4) is 0 Å². The van der Waals surface area contributed by atoms with Crippen LogP contribution in [-0.4, -0.2) is 37.7 Å². The van der Waals surface area contributed by atoms with Gasteiger partial charge in [-0.25, -0.2) is 4.39 Å². The molecule has 1 fully saturated rings. The molecule has 0 aromatic heterocycles. The first-order chi connectivity index (χ1) is 9.63. The predicted octanol–water partition coefficient (Wildman–Crippen LogP) is 2.97. The van der Waals surface area contributed by atoms with Crippen molar-refractivity contribution in [2.24, 2.45) is 0 Å². The first-order valence-electron chi connectivity index (χ1n) is 7.46. The Hall–Kier alpha value is -1.13. The first-order valence-corrected chi connectivity index (χ1v) is 7.46. The van der Waals surface area contributed by atoms with Gasteiger partial charge >= 0.3 is 0 Å². The lowest BCUT2D eigenvalue weighted by atomic mass is 10.0. The second-order valence-electron chi connectivity index (χ2n) is 5.51. The van der Waals surface area contributed by atoms with Gasteiger partial charge in [-0.05, 0) is 50.6 Å². The van der Waals surface area contributed by atoms with Crippen LogP contribution in [0.25, 0.3) is 0 Å². The molecule has 0 bridgehead atoms. The zero-order valence-electron chi connectivity index (χ0n) is 12.7. The lowest BCUT2D eigenvalue weighted by Crippen LogP contribution is -2.46. The molecule has 1 aromatic rings. The number of likely N-dealkylation sites (N-methyl/N-ethyl adjacent to an activating group) is 1. The van der Waals surface area contributed by atoms with Crippen LogP contribution in [0.4, 0.5) is 4.39 Å². The van der Waals surface area contributed by atoms with E-state index in [1.54, 1.807) is 12.1 Å². The monoisotopic (exact) mass is 280 g/mol. The summed E-state index contributed by atoms with van der Waals surface area (Å²) >= 11 is 0. The summed E-state index contributed by atoms with van der Waals surface area (Å²) in [5.74, 6) is 0.00764. The van der Waals surface area contributed by atoms with Gasteiger partial charge in [-0.2, -0.15) is 0 Å². The molecule has 0 aliphatic carbocycles. The van der Waals surface area contributed by atoms with Crippen molar-refractivity contribution >= 4 is 0 Å². The van der Waals surface area contributed by atoms with Crippen LogP contribution in [-0.2, 0) is 0 Å². The Morgan fingerprint density at radius 2 is 2.30 bits per heavy atom. The van der Waals surface area contributed by atoms with E-state index in [9.17, 15) is 4.39 Å². The van der Waals surface area contributed by atoms with E-state index in [4.69, 9.17) is 4.74 Å². The van der Waals surface area contributed by atoms with Crippen LogP contribution in [0.1, 0.15) is 38.3 Å². The standard InChI is InChI=1S/C16H25FN2O/c1-4-19-9-5-6-14(11-19)18-12(2)13-7-8-16(20-3)15(17)10-13/h7-8,10,12,14,18H,4-6,9,11H2,1-3H3. The Balaban J connectivity index is 1.97. The number of rotatable bonds is 5. The molecule has 20 heavy (non-hydrogen) atoms. The van der Waals surface area contributed by atoms with E-state index in [1.807, 2.05) is 6.07 Å². The molecular weight excluding hydrogens is 255 g/mol. The van der Waals surface area contributed by atoms with Crippen LogP contribution in [0.15, 0.2) is 18.2 Å². The van der Waals surface area contributed by atoms with Crippen LogP contribution >= 0.6 is 0 Å². The highest BCUT2D eigenvalue weighted by Gasteiger charge is 2.20. The molecule has 2 atom stereocenters. The van der Waals surface area contributed by atoms with Crippen LogP contribution in [0.2, 0.25) is 0 Å². The molecule has 0 spiro atoms. The minimum atomic E-state index is -0.294. The van der Waals surface area contributed by atoms with Crippen molar-refractivity contribution < 1.29 is 9.13 Å². The van der Waals surface area contributed by atoms with Gasteiger partial charge in [0, 0.05) is 18.6 Å². The highest BCUT2D eigenvalue weighted by molar-refractivity contribution is 5.30. The molecule has 1 aromatic carbocycles. The maximum atomic E-state index is 13.7. The lowest BCUT2D eigenvalue weighted by molar-refractivity contribution is 0.192. The number of methoxy groups -OCH3 is 1. The van der Waals surface area contributed by atoms with Gasteiger partial charge in [0.05, 0.1) is 7.11 Å². The molecule has 0 amide bonds. The lowest BCUT2D eigenvalue weighted by Gasteiger charge is -2.34. The van der Waals surface area contributed by atoms with Gasteiger partial charge in [-0.15, -0.1) is 0 Å². The van der Waals surface area contributed by atoms with E-state index in [0.717, 1.165) is 18.7 Å². The maximum Gasteiger partial charge on any atom is 0.165 e. The van der Waals surface area contributed by atoms with Gasteiger partial charge in [0.2, 0.25) is 0 Å². The van der Waals surface area contributed by atoms with Gasteiger partial charge in [-0.3, -0.25) is 0 Å².